The number of hydrogen-bond acceptors (Lipinski definition) is 1. The minimum absolute atomic E-state index is 0.466. The van der Waals surface area contributed by atoms with Gasteiger partial charge in [0, 0.05) is 5.56 Å². The Morgan fingerprint density at radius 3 is 2.47 bits per heavy atom. The van der Waals surface area contributed by atoms with Crippen LogP contribution in [-0.4, -0.2) is 5.84 Å². The van der Waals surface area contributed by atoms with E-state index >= 15 is 0 Å². The summed E-state index contributed by atoms with van der Waals surface area (Å²) in [5.41, 5.74) is 7.54. The predicted octanol–water partition coefficient (Wildman–Crippen LogP) is 4.14. The zero-order valence-electron chi connectivity index (χ0n) is 8.90. The third-order valence-electron chi connectivity index (χ3n) is 2.24. The highest BCUT2D eigenvalue weighted by Crippen LogP contribution is 2.32. The van der Waals surface area contributed by atoms with Gasteiger partial charge < -0.3 is 5.73 Å². The fraction of sp³-hybridized carbons (Fsp3) is 0. The van der Waals surface area contributed by atoms with Crippen molar-refractivity contribution in [1.29, 1.82) is 0 Å². The zero-order chi connectivity index (χ0) is 12.3. The molecule has 0 aliphatic carbocycles. The van der Waals surface area contributed by atoms with Crippen LogP contribution in [0.15, 0.2) is 58.0 Å². The highest BCUT2D eigenvalue weighted by Gasteiger charge is 2.04. The molecule has 2 N–H and O–H groups in total. The maximum Gasteiger partial charge on any atom is 0.131 e. The van der Waals surface area contributed by atoms with Crippen molar-refractivity contribution in [3.8, 4) is 0 Å². The number of hydrogen-bond donors (Lipinski definition) is 1. The molecule has 2 aromatic carbocycles. The standard InChI is InChI=1S/C13H10BrClN2/c14-12-10(15)7-4-8-11(12)17-13(16)9-5-2-1-3-6-9/h1-8H,(H2,16,17). The highest BCUT2D eigenvalue weighted by molar-refractivity contribution is 9.10. The summed E-state index contributed by atoms with van der Waals surface area (Å²) in [6.07, 6.45) is 0. The lowest BCUT2D eigenvalue weighted by molar-refractivity contribution is 1.43. The number of benzene rings is 2. The fourth-order valence-corrected chi connectivity index (χ4v) is 1.90. The molecule has 0 saturated heterocycles. The molecule has 0 fully saturated rings. The van der Waals surface area contributed by atoms with Gasteiger partial charge in [0.1, 0.15) is 5.84 Å². The van der Waals surface area contributed by atoms with E-state index < -0.39 is 0 Å². The molecule has 0 aliphatic heterocycles. The predicted molar refractivity (Wildman–Crippen MR) is 76.0 cm³/mol. The van der Waals surface area contributed by atoms with Gasteiger partial charge in [-0.25, -0.2) is 4.99 Å². The first-order valence-electron chi connectivity index (χ1n) is 5.02. The van der Waals surface area contributed by atoms with Crippen LogP contribution in [0.3, 0.4) is 0 Å². The van der Waals surface area contributed by atoms with E-state index in [9.17, 15) is 0 Å². The van der Waals surface area contributed by atoms with Gasteiger partial charge in [0.2, 0.25) is 0 Å². The Bertz CT molecular complexity index is 553. The van der Waals surface area contributed by atoms with Crippen LogP contribution in [0, 0.1) is 0 Å². The summed E-state index contributed by atoms with van der Waals surface area (Å²) in [6.45, 7) is 0. The van der Waals surface area contributed by atoms with Gasteiger partial charge in [0.25, 0.3) is 0 Å². The van der Waals surface area contributed by atoms with Crippen molar-refractivity contribution < 1.29 is 0 Å². The van der Waals surface area contributed by atoms with Gasteiger partial charge >= 0.3 is 0 Å². The summed E-state index contributed by atoms with van der Waals surface area (Å²) < 4.78 is 0.751. The average molecular weight is 310 g/mol. The fourth-order valence-electron chi connectivity index (χ4n) is 1.38. The lowest BCUT2D eigenvalue weighted by atomic mass is 10.2. The average Bonchev–Trinajstić information content (AvgIpc) is 2.36. The van der Waals surface area contributed by atoms with Crippen LogP contribution in [0.2, 0.25) is 5.02 Å². The Kier molecular flexibility index (Phi) is 3.82. The third-order valence-corrected chi connectivity index (χ3v) is 3.62. The number of aliphatic imine (C=N–C) groups is 1. The summed E-state index contributed by atoms with van der Waals surface area (Å²) in [6, 6.07) is 15.1. The van der Waals surface area contributed by atoms with Crippen LogP contribution in [0.25, 0.3) is 0 Å². The molecule has 0 radical (unpaired) electrons. The lowest BCUT2D eigenvalue weighted by Crippen LogP contribution is -2.12. The number of nitrogens with zero attached hydrogens (tertiary/aromatic N) is 1. The van der Waals surface area contributed by atoms with Crippen LogP contribution >= 0.6 is 27.5 Å². The van der Waals surface area contributed by atoms with E-state index in [2.05, 4.69) is 20.9 Å². The molecule has 0 heterocycles. The van der Waals surface area contributed by atoms with Crippen molar-refractivity contribution in [3.05, 3.63) is 63.6 Å². The number of amidine groups is 1. The molecule has 0 aromatic heterocycles. The summed E-state index contributed by atoms with van der Waals surface area (Å²) in [5.74, 6) is 0.466. The van der Waals surface area contributed by atoms with E-state index in [0.717, 1.165) is 15.7 Å². The Hall–Kier alpha value is -1.32. The van der Waals surface area contributed by atoms with Crippen LogP contribution in [0.4, 0.5) is 5.69 Å². The van der Waals surface area contributed by atoms with Gasteiger partial charge in [-0.3, -0.25) is 0 Å². The quantitative estimate of drug-likeness (QED) is 0.657. The molecule has 2 nitrogen and oxygen atoms in total. The topological polar surface area (TPSA) is 38.4 Å². The molecular formula is C13H10BrClN2. The van der Waals surface area contributed by atoms with Gasteiger partial charge in [0.15, 0.2) is 0 Å². The molecule has 0 amide bonds. The molecule has 17 heavy (non-hydrogen) atoms. The van der Waals surface area contributed by atoms with E-state index in [1.807, 2.05) is 42.5 Å². The first kappa shape index (κ1) is 12.1. The molecule has 0 atom stereocenters. The maximum absolute atomic E-state index is 5.99. The van der Waals surface area contributed by atoms with E-state index in [-0.39, 0.29) is 0 Å². The van der Waals surface area contributed by atoms with E-state index in [4.69, 9.17) is 17.3 Å². The molecule has 0 bridgehead atoms. The van der Waals surface area contributed by atoms with Crippen molar-refractivity contribution in [2.45, 2.75) is 0 Å². The second-order valence-electron chi connectivity index (χ2n) is 3.44. The van der Waals surface area contributed by atoms with Crippen molar-refractivity contribution in [1.82, 2.24) is 0 Å². The lowest BCUT2D eigenvalue weighted by Gasteiger charge is -2.03. The summed E-state index contributed by atoms with van der Waals surface area (Å²) in [5, 5.41) is 0.618. The van der Waals surface area contributed by atoms with Crippen molar-refractivity contribution >= 4 is 39.1 Å². The minimum Gasteiger partial charge on any atom is -0.383 e. The van der Waals surface area contributed by atoms with E-state index in [1.165, 1.54) is 0 Å². The van der Waals surface area contributed by atoms with Crippen LogP contribution in [0.1, 0.15) is 5.56 Å². The number of rotatable bonds is 2. The SMILES string of the molecule is NC(=Nc1cccc(Cl)c1Br)c1ccccc1. The monoisotopic (exact) mass is 308 g/mol. The smallest absolute Gasteiger partial charge is 0.131 e. The van der Waals surface area contributed by atoms with Gasteiger partial charge in [-0.1, -0.05) is 48.0 Å². The van der Waals surface area contributed by atoms with Crippen molar-refractivity contribution in [2.75, 3.05) is 0 Å². The summed E-state index contributed by atoms with van der Waals surface area (Å²) in [4.78, 5) is 4.35. The van der Waals surface area contributed by atoms with Gasteiger partial charge in [0.05, 0.1) is 15.2 Å². The van der Waals surface area contributed by atoms with E-state index in [1.54, 1.807) is 6.07 Å². The normalized spacial score (nSPS) is 11.5. The van der Waals surface area contributed by atoms with Crippen molar-refractivity contribution in [2.24, 2.45) is 10.7 Å². The second kappa shape index (κ2) is 5.34. The zero-order valence-corrected chi connectivity index (χ0v) is 11.2. The molecule has 2 aromatic rings. The van der Waals surface area contributed by atoms with E-state index in [0.29, 0.717) is 10.9 Å². The first-order valence-corrected chi connectivity index (χ1v) is 6.19. The summed E-state index contributed by atoms with van der Waals surface area (Å²) in [7, 11) is 0. The molecule has 2 rings (SSSR count). The Labute approximate surface area is 113 Å². The number of halogens is 2. The highest BCUT2D eigenvalue weighted by atomic mass is 79.9. The Morgan fingerprint density at radius 2 is 1.76 bits per heavy atom. The Morgan fingerprint density at radius 1 is 1.06 bits per heavy atom. The Balaban J connectivity index is 2.40. The molecule has 0 spiro atoms. The van der Waals surface area contributed by atoms with Gasteiger partial charge in [-0.15, -0.1) is 0 Å². The molecule has 0 unspecified atom stereocenters. The molecule has 0 saturated carbocycles. The molecule has 0 aliphatic rings. The second-order valence-corrected chi connectivity index (χ2v) is 4.64. The largest absolute Gasteiger partial charge is 0.383 e. The minimum atomic E-state index is 0.466. The van der Waals surface area contributed by atoms with Crippen molar-refractivity contribution in [3.63, 3.8) is 0 Å². The third kappa shape index (κ3) is 2.87. The molecule has 86 valence electrons. The van der Waals surface area contributed by atoms with Gasteiger partial charge in [-0.2, -0.15) is 0 Å². The molecule has 4 heteroatoms. The maximum atomic E-state index is 5.99. The van der Waals surface area contributed by atoms with Crippen LogP contribution in [0.5, 0.6) is 0 Å². The summed E-state index contributed by atoms with van der Waals surface area (Å²) >= 11 is 9.37. The first-order chi connectivity index (χ1) is 8.18. The number of nitrogens with two attached hydrogens (primary N) is 1. The molecular weight excluding hydrogens is 300 g/mol. The van der Waals surface area contributed by atoms with Gasteiger partial charge in [-0.05, 0) is 28.1 Å². The van der Waals surface area contributed by atoms with Crippen LogP contribution < -0.4 is 5.73 Å². The van der Waals surface area contributed by atoms with Crippen LogP contribution in [-0.2, 0) is 0 Å².